The molecule has 1 fully saturated rings. The first kappa shape index (κ1) is 10.5. The summed E-state index contributed by atoms with van der Waals surface area (Å²) in [5, 5.41) is 3.52. The van der Waals surface area contributed by atoms with Gasteiger partial charge in [-0.3, -0.25) is 0 Å². The molecule has 1 N–H and O–H groups in total. The lowest BCUT2D eigenvalue weighted by molar-refractivity contribution is 0.395. The van der Waals surface area contributed by atoms with Crippen LogP contribution >= 0.6 is 0 Å². The van der Waals surface area contributed by atoms with E-state index < -0.39 is 0 Å². The largest absolute Gasteiger partial charge is 0.429 e. The fourth-order valence-corrected chi connectivity index (χ4v) is 2.01. The van der Waals surface area contributed by atoms with Crippen molar-refractivity contribution < 1.29 is 4.42 Å². The van der Waals surface area contributed by atoms with Crippen molar-refractivity contribution in [2.75, 3.05) is 25.0 Å². The molecule has 1 saturated heterocycles. The van der Waals surface area contributed by atoms with Gasteiger partial charge in [-0.1, -0.05) is 6.42 Å². The van der Waals surface area contributed by atoms with E-state index in [1.807, 2.05) is 14.0 Å². The fourth-order valence-electron chi connectivity index (χ4n) is 2.01. The molecule has 15 heavy (non-hydrogen) atoms. The SMILES string of the molecule is Cc1cnc(N(C)CC2CCCCN2)o1. The van der Waals surface area contributed by atoms with Gasteiger partial charge in [0.25, 0.3) is 6.01 Å². The Morgan fingerprint density at radius 3 is 3.07 bits per heavy atom. The van der Waals surface area contributed by atoms with E-state index in [9.17, 15) is 0 Å². The molecule has 2 rings (SSSR count). The van der Waals surface area contributed by atoms with Crippen LogP contribution < -0.4 is 10.2 Å². The lowest BCUT2D eigenvalue weighted by atomic mass is 10.1. The van der Waals surface area contributed by atoms with E-state index in [1.165, 1.54) is 19.3 Å². The van der Waals surface area contributed by atoms with Crippen molar-refractivity contribution >= 4 is 6.01 Å². The molecule has 0 saturated carbocycles. The molecule has 4 nitrogen and oxygen atoms in total. The predicted octanol–water partition coefficient (Wildman–Crippen LogP) is 1.56. The summed E-state index contributed by atoms with van der Waals surface area (Å²) in [5.74, 6) is 0.869. The first-order valence-corrected chi connectivity index (χ1v) is 5.62. The molecule has 4 heteroatoms. The van der Waals surface area contributed by atoms with Gasteiger partial charge < -0.3 is 14.6 Å². The molecule has 0 aliphatic carbocycles. The molecule has 1 aromatic heterocycles. The van der Waals surface area contributed by atoms with Crippen LogP contribution in [0.5, 0.6) is 0 Å². The van der Waals surface area contributed by atoms with Crippen LogP contribution in [-0.2, 0) is 0 Å². The number of anilines is 1. The minimum absolute atomic E-state index is 0.580. The Labute approximate surface area is 90.7 Å². The third-order valence-electron chi connectivity index (χ3n) is 2.84. The van der Waals surface area contributed by atoms with E-state index in [4.69, 9.17) is 4.42 Å². The summed E-state index contributed by atoms with van der Waals surface area (Å²) in [5.41, 5.74) is 0. The molecule has 0 spiro atoms. The van der Waals surface area contributed by atoms with Gasteiger partial charge in [-0.05, 0) is 26.3 Å². The van der Waals surface area contributed by atoms with Crippen LogP contribution in [0, 0.1) is 6.92 Å². The second-order valence-corrected chi connectivity index (χ2v) is 4.28. The second-order valence-electron chi connectivity index (χ2n) is 4.28. The van der Waals surface area contributed by atoms with Crippen LogP contribution in [0.3, 0.4) is 0 Å². The maximum absolute atomic E-state index is 5.47. The number of likely N-dealkylation sites (N-methyl/N-ethyl adjacent to an activating group) is 1. The summed E-state index contributed by atoms with van der Waals surface area (Å²) in [7, 11) is 2.03. The van der Waals surface area contributed by atoms with Gasteiger partial charge in [-0.15, -0.1) is 0 Å². The molecular weight excluding hydrogens is 190 g/mol. The molecule has 1 unspecified atom stereocenters. The van der Waals surface area contributed by atoms with Crippen LogP contribution in [0.4, 0.5) is 6.01 Å². The summed E-state index contributed by atoms with van der Waals surface area (Å²) in [6.07, 6.45) is 5.65. The zero-order chi connectivity index (χ0) is 10.7. The summed E-state index contributed by atoms with van der Waals surface area (Å²) in [6.45, 7) is 4.03. The van der Waals surface area contributed by atoms with Crippen molar-refractivity contribution in [2.24, 2.45) is 0 Å². The lowest BCUT2D eigenvalue weighted by Crippen LogP contribution is -2.42. The number of rotatable bonds is 3. The Balaban J connectivity index is 1.88. The van der Waals surface area contributed by atoms with E-state index in [-0.39, 0.29) is 0 Å². The van der Waals surface area contributed by atoms with Crippen LogP contribution in [0.1, 0.15) is 25.0 Å². The van der Waals surface area contributed by atoms with E-state index in [1.54, 1.807) is 6.20 Å². The zero-order valence-corrected chi connectivity index (χ0v) is 9.49. The average molecular weight is 209 g/mol. The van der Waals surface area contributed by atoms with Crippen molar-refractivity contribution in [3.05, 3.63) is 12.0 Å². The van der Waals surface area contributed by atoms with Gasteiger partial charge in [0, 0.05) is 19.6 Å². The summed E-state index contributed by atoms with van der Waals surface area (Å²) >= 11 is 0. The molecule has 0 aromatic carbocycles. The first-order valence-electron chi connectivity index (χ1n) is 5.62. The Kier molecular flexibility index (Phi) is 3.26. The Hall–Kier alpha value is -1.03. The van der Waals surface area contributed by atoms with Crippen LogP contribution in [0.2, 0.25) is 0 Å². The predicted molar refractivity (Wildman–Crippen MR) is 60.2 cm³/mol. The Bertz CT molecular complexity index is 305. The maximum Gasteiger partial charge on any atom is 0.297 e. The number of aromatic nitrogens is 1. The second kappa shape index (κ2) is 4.66. The van der Waals surface area contributed by atoms with E-state index in [0.29, 0.717) is 6.04 Å². The van der Waals surface area contributed by atoms with Crippen LogP contribution in [-0.4, -0.2) is 31.2 Å². The minimum atomic E-state index is 0.580. The normalized spacial score (nSPS) is 21.6. The van der Waals surface area contributed by atoms with Crippen molar-refractivity contribution in [1.29, 1.82) is 0 Å². The number of oxazole rings is 1. The Morgan fingerprint density at radius 2 is 2.47 bits per heavy atom. The van der Waals surface area contributed by atoms with Gasteiger partial charge in [0.2, 0.25) is 0 Å². The smallest absolute Gasteiger partial charge is 0.297 e. The molecular formula is C11H19N3O. The lowest BCUT2D eigenvalue weighted by Gasteiger charge is -2.27. The third-order valence-corrected chi connectivity index (χ3v) is 2.84. The number of hydrogen-bond acceptors (Lipinski definition) is 4. The highest BCUT2D eigenvalue weighted by Crippen LogP contribution is 2.14. The van der Waals surface area contributed by atoms with Crippen LogP contribution in [0.25, 0.3) is 0 Å². The van der Waals surface area contributed by atoms with Crippen molar-refractivity contribution in [2.45, 2.75) is 32.2 Å². The monoisotopic (exact) mass is 209 g/mol. The number of aryl methyl sites for hydroxylation is 1. The maximum atomic E-state index is 5.47. The van der Waals surface area contributed by atoms with Gasteiger partial charge >= 0.3 is 0 Å². The van der Waals surface area contributed by atoms with E-state index in [2.05, 4.69) is 15.2 Å². The molecule has 0 bridgehead atoms. The summed E-state index contributed by atoms with van der Waals surface area (Å²) in [6, 6.07) is 1.30. The number of nitrogens with one attached hydrogen (secondary N) is 1. The summed E-state index contributed by atoms with van der Waals surface area (Å²) < 4.78 is 5.47. The molecule has 2 heterocycles. The molecule has 1 aromatic rings. The third kappa shape index (κ3) is 2.72. The highest BCUT2D eigenvalue weighted by molar-refractivity contribution is 5.24. The highest BCUT2D eigenvalue weighted by atomic mass is 16.4. The van der Waals surface area contributed by atoms with Gasteiger partial charge in [0.1, 0.15) is 5.76 Å². The van der Waals surface area contributed by atoms with E-state index in [0.717, 1.165) is 24.9 Å². The van der Waals surface area contributed by atoms with Gasteiger partial charge in [0.15, 0.2) is 0 Å². The van der Waals surface area contributed by atoms with Gasteiger partial charge in [-0.25, -0.2) is 4.98 Å². The highest BCUT2D eigenvalue weighted by Gasteiger charge is 2.16. The average Bonchev–Trinajstić information content (AvgIpc) is 2.66. The molecule has 84 valence electrons. The molecule has 0 amide bonds. The number of hydrogen-bond donors (Lipinski definition) is 1. The van der Waals surface area contributed by atoms with Crippen molar-refractivity contribution in [1.82, 2.24) is 10.3 Å². The molecule has 1 atom stereocenters. The number of piperidine rings is 1. The molecule has 1 aliphatic rings. The fraction of sp³-hybridized carbons (Fsp3) is 0.727. The molecule has 1 aliphatic heterocycles. The summed E-state index contributed by atoms with van der Waals surface area (Å²) in [4.78, 5) is 6.29. The Morgan fingerprint density at radius 1 is 1.60 bits per heavy atom. The standard InChI is InChI=1S/C11H19N3O/c1-9-7-13-11(15-9)14(2)8-10-5-3-4-6-12-10/h7,10,12H,3-6,8H2,1-2H3. The van der Waals surface area contributed by atoms with Crippen LogP contribution in [0.15, 0.2) is 10.6 Å². The quantitative estimate of drug-likeness (QED) is 0.820. The van der Waals surface area contributed by atoms with Crippen molar-refractivity contribution in [3.63, 3.8) is 0 Å². The molecule has 0 radical (unpaired) electrons. The van der Waals surface area contributed by atoms with Gasteiger partial charge in [0.05, 0.1) is 6.20 Å². The first-order chi connectivity index (χ1) is 7.25. The number of nitrogens with zero attached hydrogens (tertiary/aromatic N) is 2. The topological polar surface area (TPSA) is 41.3 Å². The van der Waals surface area contributed by atoms with E-state index >= 15 is 0 Å². The zero-order valence-electron chi connectivity index (χ0n) is 9.49. The minimum Gasteiger partial charge on any atom is -0.429 e. The van der Waals surface area contributed by atoms with Gasteiger partial charge in [-0.2, -0.15) is 0 Å². The van der Waals surface area contributed by atoms with Crippen molar-refractivity contribution in [3.8, 4) is 0 Å².